The van der Waals surface area contributed by atoms with Crippen molar-refractivity contribution < 1.29 is 32.2 Å². The number of carbonyl (C=O) groups excluding carboxylic acids is 2. The highest BCUT2D eigenvalue weighted by molar-refractivity contribution is 6.33. The zero-order chi connectivity index (χ0) is 25.8. The van der Waals surface area contributed by atoms with E-state index in [4.69, 9.17) is 26.8 Å². The van der Waals surface area contributed by atoms with Crippen LogP contribution in [0, 0.1) is 0 Å². The van der Waals surface area contributed by atoms with Crippen LogP contribution in [0.15, 0.2) is 35.1 Å². The van der Waals surface area contributed by atoms with E-state index in [2.05, 4.69) is 10.3 Å². The van der Waals surface area contributed by atoms with E-state index in [0.29, 0.717) is 25.1 Å². The number of piperidine rings is 1. The number of pyridine rings is 1. The number of ether oxygens (including phenoxy) is 2. The molecular formula is C22H24ClF3N4O5. The van der Waals surface area contributed by atoms with Crippen LogP contribution in [0.2, 0.25) is 5.02 Å². The fourth-order valence-corrected chi connectivity index (χ4v) is 3.80. The zero-order valence-electron chi connectivity index (χ0n) is 18.7. The van der Waals surface area contributed by atoms with Crippen molar-refractivity contribution in [3.63, 3.8) is 0 Å². The third kappa shape index (κ3) is 6.96. The molecular weight excluding hydrogens is 493 g/mol. The fraction of sp³-hybridized carbons (Fsp3) is 0.409. The predicted molar refractivity (Wildman–Crippen MR) is 121 cm³/mol. The number of nitrogen functional groups attached to an aromatic ring is 1. The zero-order valence-corrected chi connectivity index (χ0v) is 19.4. The van der Waals surface area contributed by atoms with Crippen LogP contribution in [0.5, 0.6) is 0 Å². The lowest BCUT2D eigenvalue weighted by Crippen LogP contribution is -2.56. The maximum absolute atomic E-state index is 12.6. The second-order valence-corrected chi connectivity index (χ2v) is 8.41. The number of methoxy groups -OCH3 is 1. The number of aromatic nitrogens is 1. The van der Waals surface area contributed by atoms with Gasteiger partial charge < -0.3 is 25.5 Å². The molecule has 2 heterocycles. The van der Waals surface area contributed by atoms with Crippen LogP contribution in [0.25, 0.3) is 0 Å². The molecule has 9 nitrogen and oxygen atoms in total. The van der Waals surface area contributed by atoms with Gasteiger partial charge in [-0.2, -0.15) is 13.2 Å². The third-order valence-electron chi connectivity index (χ3n) is 5.56. The summed E-state index contributed by atoms with van der Waals surface area (Å²) in [6.45, 7) is 0.513. The van der Waals surface area contributed by atoms with Gasteiger partial charge in [0.2, 0.25) is 0 Å². The minimum atomic E-state index is -4.43. The summed E-state index contributed by atoms with van der Waals surface area (Å²) in [6.07, 6.45) is -4.48. The summed E-state index contributed by atoms with van der Waals surface area (Å²) in [5.74, 6) is -1.23. The van der Waals surface area contributed by atoms with Crippen molar-refractivity contribution in [1.82, 2.24) is 15.2 Å². The Bertz CT molecular complexity index is 1120. The fourth-order valence-electron chi connectivity index (χ4n) is 3.64. The van der Waals surface area contributed by atoms with Gasteiger partial charge in [0.25, 0.3) is 11.5 Å². The number of H-pyrrole nitrogens is 1. The van der Waals surface area contributed by atoms with E-state index in [1.54, 1.807) is 4.90 Å². The maximum atomic E-state index is 12.6. The highest BCUT2D eigenvalue weighted by Crippen LogP contribution is 2.29. The first kappa shape index (κ1) is 26.5. The van der Waals surface area contributed by atoms with Gasteiger partial charge >= 0.3 is 12.1 Å². The molecule has 190 valence electrons. The SMILES string of the molecule is CO[C@@H]1CN(CC(=O)OCc2ccc(C(F)(F)F)cc2)CC[C@@H]1NC(=O)c1cc(Cl)c(N)[nH]c1=O. The molecule has 1 aromatic carbocycles. The molecule has 0 aliphatic carbocycles. The standard InChI is InChI=1S/C22H24ClF3N4O5/c1-34-17-9-30(10-18(31)35-11-12-2-4-13(5-3-12)22(24,25)26)7-6-16(17)28-20(32)14-8-15(23)19(27)29-21(14)33/h2-5,8,16-17H,6-7,9-11H2,1H3,(H,28,32)(H3,27,29,33)/t16-,17+/m0/s1. The van der Waals surface area contributed by atoms with Crippen LogP contribution in [0.4, 0.5) is 19.0 Å². The Hall–Kier alpha value is -3.09. The monoisotopic (exact) mass is 516 g/mol. The van der Waals surface area contributed by atoms with Gasteiger partial charge in [0.15, 0.2) is 0 Å². The average Bonchev–Trinajstić information content (AvgIpc) is 2.80. The number of aromatic amines is 1. The van der Waals surface area contributed by atoms with E-state index in [1.807, 2.05) is 0 Å². The number of amides is 1. The molecule has 1 amide bonds. The molecule has 1 fully saturated rings. The minimum absolute atomic E-state index is 0.0403. The summed E-state index contributed by atoms with van der Waals surface area (Å²) in [4.78, 5) is 40.9. The van der Waals surface area contributed by atoms with Gasteiger partial charge in [-0.25, -0.2) is 0 Å². The topological polar surface area (TPSA) is 127 Å². The molecule has 0 saturated carbocycles. The minimum Gasteiger partial charge on any atom is -0.460 e. The van der Waals surface area contributed by atoms with E-state index in [-0.39, 0.29) is 29.6 Å². The number of nitrogens with one attached hydrogen (secondary N) is 2. The molecule has 1 aliphatic rings. The number of hydrogen-bond acceptors (Lipinski definition) is 7. The molecule has 35 heavy (non-hydrogen) atoms. The maximum Gasteiger partial charge on any atom is 0.416 e. The quantitative estimate of drug-likeness (QED) is 0.481. The molecule has 1 aliphatic heterocycles. The van der Waals surface area contributed by atoms with E-state index in [1.165, 1.54) is 25.3 Å². The first-order valence-corrected chi connectivity index (χ1v) is 10.9. The van der Waals surface area contributed by atoms with Crippen LogP contribution in [0.3, 0.4) is 0 Å². The summed E-state index contributed by atoms with van der Waals surface area (Å²) in [7, 11) is 1.46. The van der Waals surface area contributed by atoms with Gasteiger partial charge in [0, 0.05) is 20.2 Å². The molecule has 2 atom stereocenters. The number of nitrogens with two attached hydrogens (primary N) is 1. The van der Waals surface area contributed by atoms with Crippen LogP contribution in [-0.4, -0.2) is 60.7 Å². The summed E-state index contributed by atoms with van der Waals surface area (Å²) >= 11 is 5.89. The summed E-state index contributed by atoms with van der Waals surface area (Å²) in [5, 5.41) is 2.80. The van der Waals surface area contributed by atoms with Crippen LogP contribution >= 0.6 is 11.6 Å². The highest BCUT2D eigenvalue weighted by atomic mass is 35.5. The number of anilines is 1. The Kier molecular flexibility index (Phi) is 8.41. The van der Waals surface area contributed by atoms with Crippen LogP contribution in [-0.2, 0) is 27.1 Å². The van der Waals surface area contributed by atoms with Crippen molar-refractivity contribution in [1.29, 1.82) is 0 Å². The number of likely N-dealkylation sites (tertiary alicyclic amines) is 1. The van der Waals surface area contributed by atoms with Crippen molar-refractivity contribution in [2.75, 3.05) is 32.5 Å². The van der Waals surface area contributed by atoms with Gasteiger partial charge in [0.05, 0.1) is 29.3 Å². The largest absolute Gasteiger partial charge is 0.460 e. The normalized spacial score (nSPS) is 18.8. The van der Waals surface area contributed by atoms with Crippen molar-refractivity contribution >= 4 is 29.3 Å². The van der Waals surface area contributed by atoms with Gasteiger partial charge in [-0.05, 0) is 30.2 Å². The lowest BCUT2D eigenvalue weighted by Gasteiger charge is -2.37. The highest BCUT2D eigenvalue weighted by Gasteiger charge is 2.32. The molecule has 0 bridgehead atoms. The Morgan fingerprint density at radius 2 is 1.97 bits per heavy atom. The number of nitrogens with zero attached hydrogens (tertiary/aromatic N) is 1. The Morgan fingerprint density at radius 3 is 2.60 bits per heavy atom. The molecule has 0 spiro atoms. The number of rotatable bonds is 7. The number of benzene rings is 1. The molecule has 13 heteroatoms. The smallest absolute Gasteiger partial charge is 0.416 e. The lowest BCUT2D eigenvalue weighted by atomic mass is 10.0. The number of hydrogen-bond donors (Lipinski definition) is 3. The predicted octanol–water partition coefficient (Wildman–Crippen LogP) is 2.19. The summed E-state index contributed by atoms with van der Waals surface area (Å²) in [5.41, 5.74) is 4.31. The van der Waals surface area contributed by atoms with Crippen molar-refractivity contribution in [3.05, 3.63) is 62.4 Å². The van der Waals surface area contributed by atoms with E-state index < -0.39 is 41.3 Å². The second kappa shape index (κ2) is 11.1. The Balaban J connectivity index is 1.51. The first-order chi connectivity index (χ1) is 16.5. The van der Waals surface area contributed by atoms with Crippen molar-refractivity contribution in [3.8, 4) is 0 Å². The molecule has 4 N–H and O–H groups in total. The Morgan fingerprint density at radius 1 is 1.29 bits per heavy atom. The van der Waals surface area contributed by atoms with Crippen LogP contribution < -0.4 is 16.6 Å². The third-order valence-corrected chi connectivity index (χ3v) is 5.87. The molecule has 2 aromatic rings. The number of halogens is 4. The summed E-state index contributed by atoms with van der Waals surface area (Å²) in [6, 6.07) is 5.13. The van der Waals surface area contributed by atoms with E-state index >= 15 is 0 Å². The second-order valence-electron chi connectivity index (χ2n) is 8.01. The molecule has 0 radical (unpaired) electrons. The van der Waals surface area contributed by atoms with Crippen molar-refractivity contribution in [2.45, 2.75) is 31.3 Å². The van der Waals surface area contributed by atoms with Gasteiger partial charge in [-0.15, -0.1) is 0 Å². The molecule has 0 unspecified atom stereocenters. The van der Waals surface area contributed by atoms with Gasteiger partial charge in [-0.3, -0.25) is 19.3 Å². The number of carbonyl (C=O) groups is 2. The summed E-state index contributed by atoms with van der Waals surface area (Å²) < 4.78 is 48.5. The molecule has 1 saturated heterocycles. The first-order valence-electron chi connectivity index (χ1n) is 10.5. The van der Waals surface area contributed by atoms with Crippen molar-refractivity contribution in [2.24, 2.45) is 0 Å². The number of alkyl halides is 3. The van der Waals surface area contributed by atoms with Gasteiger partial charge in [-0.1, -0.05) is 23.7 Å². The number of esters is 1. The van der Waals surface area contributed by atoms with E-state index in [9.17, 15) is 27.6 Å². The van der Waals surface area contributed by atoms with E-state index in [0.717, 1.165) is 12.1 Å². The average molecular weight is 517 g/mol. The van der Waals surface area contributed by atoms with Gasteiger partial charge in [0.1, 0.15) is 18.0 Å². The lowest BCUT2D eigenvalue weighted by molar-refractivity contribution is -0.147. The molecule has 3 rings (SSSR count). The molecule has 1 aromatic heterocycles. The van der Waals surface area contributed by atoms with Crippen LogP contribution in [0.1, 0.15) is 27.9 Å². The Labute approximate surface area is 203 Å².